The average molecular weight is 446 g/mol. The van der Waals surface area contributed by atoms with Gasteiger partial charge in [0.1, 0.15) is 0 Å². The van der Waals surface area contributed by atoms with Crippen LogP contribution < -0.4 is 10.0 Å². The quantitative estimate of drug-likeness (QED) is 0.615. The molecule has 3 aromatic rings. The number of aryl methyl sites for hydroxylation is 1. The Morgan fingerprint density at radius 3 is 2.30 bits per heavy atom. The monoisotopic (exact) mass is 445 g/mol. The minimum Gasteiger partial charge on any atom is -0.320 e. The number of hydrogen-bond acceptors (Lipinski definition) is 4. The van der Waals surface area contributed by atoms with Gasteiger partial charge in [0.25, 0.3) is 15.9 Å². The number of carbonyl (C=O) groups excluding carboxylic acids is 1. The van der Waals surface area contributed by atoms with Crippen LogP contribution in [0.25, 0.3) is 0 Å². The van der Waals surface area contributed by atoms with E-state index in [4.69, 9.17) is 0 Å². The van der Waals surface area contributed by atoms with Crippen LogP contribution in [-0.2, 0) is 10.0 Å². The van der Waals surface area contributed by atoms with Gasteiger partial charge in [-0.3, -0.25) is 14.5 Å². The molecule has 0 aliphatic rings. The highest BCUT2D eigenvalue weighted by Crippen LogP contribution is 2.20. The number of nitrogens with zero attached hydrogens (tertiary/aromatic N) is 1. The molecule has 0 radical (unpaired) electrons. The Balaban J connectivity index is 1.72. The molecule has 138 valence electrons. The molecule has 0 atom stereocenters. The van der Waals surface area contributed by atoms with E-state index >= 15 is 0 Å². The minimum absolute atomic E-state index is 0.152. The van der Waals surface area contributed by atoms with Crippen molar-refractivity contribution in [1.29, 1.82) is 0 Å². The predicted molar refractivity (Wildman–Crippen MR) is 108 cm³/mol. The molecule has 0 bridgehead atoms. The number of rotatable bonds is 5. The van der Waals surface area contributed by atoms with Gasteiger partial charge in [-0.15, -0.1) is 0 Å². The van der Waals surface area contributed by atoms with Crippen molar-refractivity contribution in [2.45, 2.75) is 11.8 Å². The number of hydrogen-bond donors (Lipinski definition) is 2. The smallest absolute Gasteiger partial charge is 0.261 e. The van der Waals surface area contributed by atoms with Gasteiger partial charge >= 0.3 is 0 Å². The first-order valence-corrected chi connectivity index (χ1v) is 10.2. The lowest BCUT2D eigenvalue weighted by atomic mass is 10.2. The molecule has 0 saturated heterocycles. The second kappa shape index (κ2) is 7.89. The lowest BCUT2D eigenvalue weighted by Crippen LogP contribution is -2.14. The second-order valence-corrected chi connectivity index (χ2v) is 8.38. The Hall–Kier alpha value is -2.71. The van der Waals surface area contributed by atoms with Gasteiger partial charge in [0.05, 0.1) is 16.8 Å². The zero-order valence-corrected chi connectivity index (χ0v) is 16.7. The lowest BCUT2D eigenvalue weighted by molar-refractivity contribution is 0.102. The maximum Gasteiger partial charge on any atom is 0.261 e. The molecule has 1 heterocycles. The van der Waals surface area contributed by atoms with Gasteiger partial charge in [0.2, 0.25) is 0 Å². The zero-order valence-electron chi connectivity index (χ0n) is 14.3. The standard InChI is InChI=1S/C19H16BrN3O3S/c1-13-10-11-21-12-18(13)22-19(24)14-2-6-16(7-3-14)23-27(25,26)17-8-4-15(20)5-9-17/h2-12,23H,1H3,(H,22,24). The van der Waals surface area contributed by atoms with Crippen molar-refractivity contribution in [3.8, 4) is 0 Å². The molecule has 0 fully saturated rings. The summed E-state index contributed by atoms with van der Waals surface area (Å²) in [5.74, 6) is -0.298. The molecule has 2 N–H and O–H groups in total. The van der Waals surface area contributed by atoms with Crippen LogP contribution in [0.15, 0.2) is 76.4 Å². The third-order valence-electron chi connectivity index (χ3n) is 3.81. The van der Waals surface area contributed by atoms with E-state index in [1.165, 1.54) is 12.1 Å². The average Bonchev–Trinajstić information content (AvgIpc) is 2.64. The third kappa shape index (κ3) is 4.72. The second-order valence-electron chi connectivity index (χ2n) is 5.78. The highest BCUT2D eigenvalue weighted by molar-refractivity contribution is 9.10. The Labute approximate surface area is 165 Å². The van der Waals surface area contributed by atoms with E-state index in [2.05, 4.69) is 31.0 Å². The summed E-state index contributed by atoms with van der Waals surface area (Å²) in [6.07, 6.45) is 3.23. The number of nitrogens with one attached hydrogen (secondary N) is 2. The summed E-state index contributed by atoms with van der Waals surface area (Å²) >= 11 is 3.27. The summed E-state index contributed by atoms with van der Waals surface area (Å²) in [4.78, 5) is 16.5. The fourth-order valence-electron chi connectivity index (χ4n) is 2.31. The van der Waals surface area contributed by atoms with Gasteiger partial charge in [0, 0.05) is 21.9 Å². The maximum absolute atomic E-state index is 12.4. The molecule has 2 aromatic carbocycles. The third-order valence-corrected chi connectivity index (χ3v) is 5.74. The van der Waals surface area contributed by atoms with Crippen molar-refractivity contribution in [2.24, 2.45) is 0 Å². The van der Waals surface area contributed by atoms with E-state index in [9.17, 15) is 13.2 Å². The van der Waals surface area contributed by atoms with Crippen LogP contribution in [0.1, 0.15) is 15.9 Å². The highest BCUT2D eigenvalue weighted by Gasteiger charge is 2.14. The molecule has 6 nitrogen and oxygen atoms in total. The first-order valence-electron chi connectivity index (χ1n) is 7.95. The van der Waals surface area contributed by atoms with Gasteiger partial charge in [-0.1, -0.05) is 15.9 Å². The van der Waals surface area contributed by atoms with E-state index in [0.717, 1.165) is 10.0 Å². The van der Waals surface area contributed by atoms with E-state index in [-0.39, 0.29) is 10.8 Å². The van der Waals surface area contributed by atoms with E-state index < -0.39 is 10.0 Å². The lowest BCUT2D eigenvalue weighted by Gasteiger charge is -2.10. The Morgan fingerprint density at radius 2 is 1.67 bits per heavy atom. The summed E-state index contributed by atoms with van der Waals surface area (Å²) in [5.41, 5.74) is 2.30. The van der Waals surface area contributed by atoms with Crippen molar-refractivity contribution in [1.82, 2.24) is 4.98 Å². The number of carbonyl (C=O) groups is 1. The van der Waals surface area contributed by atoms with Crippen molar-refractivity contribution in [2.75, 3.05) is 10.0 Å². The van der Waals surface area contributed by atoms with Crippen molar-refractivity contribution < 1.29 is 13.2 Å². The van der Waals surface area contributed by atoms with Gasteiger partial charge in [-0.2, -0.15) is 0 Å². The molecule has 3 rings (SSSR count). The molecule has 1 aromatic heterocycles. The number of pyridine rings is 1. The summed E-state index contributed by atoms with van der Waals surface area (Å²) < 4.78 is 28.1. The summed E-state index contributed by atoms with van der Waals surface area (Å²) in [6, 6.07) is 14.3. The number of amides is 1. The molecule has 0 unspecified atom stereocenters. The fraction of sp³-hybridized carbons (Fsp3) is 0.0526. The summed E-state index contributed by atoms with van der Waals surface area (Å²) in [5, 5.41) is 2.78. The highest BCUT2D eigenvalue weighted by atomic mass is 79.9. The van der Waals surface area contributed by atoms with Gasteiger partial charge in [-0.25, -0.2) is 8.42 Å². The fourth-order valence-corrected chi connectivity index (χ4v) is 3.63. The van der Waals surface area contributed by atoms with Crippen LogP contribution in [0, 0.1) is 6.92 Å². The molecule has 1 amide bonds. The van der Waals surface area contributed by atoms with Crippen LogP contribution in [0.5, 0.6) is 0 Å². The van der Waals surface area contributed by atoms with Crippen LogP contribution in [0.4, 0.5) is 11.4 Å². The Morgan fingerprint density at radius 1 is 1.00 bits per heavy atom. The molecule has 0 aliphatic heterocycles. The number of sulfonamides is 1. The van der Waals surface area contributed by atoms with Gasteiger partial charge < -0.3 is 5.32 Å². The minimum atomic E-state index is -3.70. The van der Waals surface area contributed by atoms with Crippen LogP contribution in [-0.4, -0.2) is 19.3 Å². The molecular weight excluding hydrogens is 430 g/mol. The number of benzene rings is 2. The van der Waals surface area contributed by atoms with Crippen molar-refractivity contribution in [3.05, 3.63) is 82.6 Å². The first kappa shape index (κ1) is 19.1. The molecule has 0 aliphatic carbocycles. The topological polar surface area (TPSA) is 88.2 Å². The molecule has 8 heteroatoms. The zero-order chi connectivity index (χ0) is 19.4. The number of aromatic nitrogens is 1. The Kier molecular flexibility index (Phi) is 5.57. The SMILES string of the molecule is Cc1ccncc1NC(=O)c1ccc(NS(=O)(=O)c2ccc(Br)cc2)cc1. The summed E-state index contributed by atoms with van der Waals surface area (Å²) in [6.45, 7) is 1.87. The molecule has 0 spiro atoms. The van der Waals surface area contributed by atoms with Gasteiger partial charge in [-0.05, 0) is 67.1 Å². The predicted octanol–water partition coefficient (Wildman–Crippen LogP) is 4.21. The van der Waals surface area contributed by atoms with E-state index in [1.54, 1.807) is 54.9 Å². The normalized spacial score (nSPS) is 11.0. The molecule has 27 heavy (non-hydrogen) atoms. The van der Waals surface area contributed by atoms with Crippen LogP contribution in [0.2, 0.25) is 0 Å². The van der Waals surface area contributed by atoms with Crippen molar-refractivity contribution >= 4 is 43.2 Å². The first-order chi connectivity index (χ1) is 12.8. The van der Waals surface area contributed by atoms with Crippen molar-refractivity contribution in [3.63, 3.8) is 0 Å². The largest absolute Gasteiger partial charge is 0.320 e. The van der Waals surface area contributed by atoms with Gasteiger partial charge in [0.15, 0.2) is 0 Å². The molecular formula is C19H16BrN3O3S. The van der Waals surface area contributed by atoms with Crippen LogP contribution in [0.3, 0.4) is 0 Å². The van der Waals surface area contributed by atoms with Crippen LogP contribution >= 0.6 is 15.9 Å². The van der Waals surface area contributed by atoms with E-state index in [1.807, 2.05) is 6.92 Å². The number of halogens is 1. The Bertz CT molecular complexity index is 1070. The summed E-state index contributed by atoms with van der Waals surface area (Å²) in [7, 11) is -3.70. The van der Waals surface area contributed by atoms with E-state index in [0.29, 0.717) is 16.9 Å². The number of anilines is 2. The molecule has 0 saturated carbocycles. The maximum atomic E-state index is 12.4.